The largest absolute Gasteiger partial charge is 0.358 e. The third-order valence-corrected chi connectivity index (χ3v) is 5.79. The number of hydrogen-bond donors (Lipinski definition) is 2. The van der Waals surface area contributed by atoms with Crippen molar-refractivity contribution in [2.45, 2.75) is 27.2 Å². The van der Waals surface area contributed by atoms with Gasteiger partial charge in [-0.25, -0.2) is 0 Å². The Kier molecular flexibility index (Phi) is 7.76. The van der Waals surface area contributed by atoms with Crippen LogP contribution in [-0.2, 0) is 11.2 Å². The Balaban J connectivity index is 1.73. The van der Waals surface area contributed by atoms with Gasteiger partial charge in [0, 0.05) is 12.1 Å². The van der Waals surface area contributed by atoms with Gasteiger partial charge in [-0.05, 0) is 46.9 Å². The first-order valence-electron chi connectivity index (χ1n) is 12.0. The van der Waals surface area contributed by atoms with Crippen LogP contribution in [0.2, 0.25) is 0 Å². The number of nitrogens with one attached hydrogen (secondary N) is 2. The van der Waals surface area contributed by atoms with Crippen molar-refractivity contribution >= 4 is 17.3 Å². The standard InChI is InChI=1S/C29H30N6O/c1-5-16-35(19-20(2)3)27-15-14-23(24-8-6-7-9-25(24)29-31-33-34-32-29)18-26(27)30-28(36)17-22-12-10-21(4)11-13-22/h1,6-15,18,20H,16-17,19H2,2-4H3,(H,30,36)(H,31,32,33,34). The summed E-state index contributed by atoms with van der Waals surface area (Å²) < 4.78 is 0. The third-order valence-electron chi connectivity index (χ3n) is 5.79. The number of rotatable bonds is 9. The normalized spacial score (nSPS) is 10.8. The maximum absolute atomic E-state index is 13.1. The number of carbonyl (C=O) groups is 1. The number of benzene rings is 3. The van der Waals surface area contributed by atoms with Crippen LogP contribution >= 0.6 is 0 Å². The molecule has 7 heteroatoms. The Labute approximate surface area is 211 Å². The molecule has 0 fully saturated rings. The number of hydrogen-bond acceptors (Lipinski definition) is 5. The zero-order chi connectivity index (χ0) is 25.5. The number of anilines is 2. The monoisotopic (exact) mass is 478 g/mol. The third kappa shape index (κ3) is 5.97. The number of nitrogens with zero attached hydrogens (tertiary/aromatic N) is 4. The summed E-state index contributed by atoms with van der Waals surface area (Å²) in [5.74, 6) is 3.57. The van der Waals surface area contributed by atoms with E-state index >= 15 is 0 Å². The molecule has 4 rings (SSSR count). The first-order valence-corrected chi connectivity index (χ1v) is 12.0. The molecule has 0 aliphatic carbocycles. The van der Waals surface area contributed by atoms with Crippen molar-refractivity contribution in [1.29, 1.82) is 0 Å². The van der Waals surface area contributed by atoms with E-state index in [4.69, 9.17) is 6.42 Å². The van der Waals surface area contributed by atoms with Crippen LogP contribution in [0, 0.1) is 25.2 Å². The van der Waals surface area contributed by atoms with Gasteiger partial charge < -0.3 is 10.2 Å². The van der Waals surface area contributed by atoms with Crippen molar-refractivity contribution in [3.05, 3.63) is 77.9 Å². The minimum atomic E-state index is -0.0890. The van der Waals surface area contributed by atoms with E-state index in [-0.39, 0.29) is 12.3 Å². The van der Waals surface area contributed by atoms with Crippen LogP contribution in [0.15, 0.2) is 66.7 Å². The van der Waals surface area contributed by atoms with E-state index in [2.05, 4.69) is 50.6 Å². The summed E-state index contributed by atoms with van der Waals surface area (Å²) >= 11 is 0. The molecule has 0 aliphatic rings. The Morgan fingerprint density at radius 1 is 1.08 bits per heavy atom. The van der Waals surface area contributed by atoms with Crippen LogP contribution in [0.5, 0.6) is 0 Å². The van der Waals surface area contributed by atoms with Crippen molar-refractivity contribution in [3.8, 4) is 34.9 Å². The van der Waals surface area contributed by atoms with Crippen molar-refractivity contribution in [2.75, 3.05) is 23.3 Å². The number of aromatic amines is 1. The lowest BCUT2D eigenvalue weighted by molar-refractivity contribution is -0.115. The van der Waals surface area contributed by atoms with Gasteiger partial charge in [-0.15, -0.1) is 16.6 Å². The zero-order valence-electron chi connectivity index (χ0n) is 20.8. The van der Waals surface area contributed by atoms with Gasteiger partial charge in [0.2, 0.25) is 11.7 Å². The van der Waals surface area contributed by atoms with E-state index < -0.39 is 0 Å². The molecule has 182 valence electrons. The highest BCUT2D eigenvalue weighted by atomic mass is 16.1. The molecule has 4 aromatic rings. The number of terminal acetylenes is 1. The van der Waals surface area contributed by atoms with Crippen LogP contribution in [0.25, 0.3) is 22.5 Å². The summed E-state index contributed by atoms with van der Waals surface area (Å²) in [6.45, 7) is 7.54. The van der Waals surface area contributed by atoms with Gasteiger partial charge in [-0.1, -0.05) is 79.9 Å². The predicted octanol–water partition coefficient (Wildman–Crippen LogP) is 5.12. The molecule has 0 bridgehead atoms. The first kappa shape index (κ1) is 24.7. The number of aromatic nitrogens is 4. The van der Waals surface area contributed by atoms with Gasteiger partial charge >= 0.3 is 0 Å². The van der Waals surface area contributed by atoms with Crippen LogP contribution in [0.3, 0.4) is 0 Å². The molecule has 0 atom stereocenters. The Hall–Kier alpha value is -4.44. The van der Waals surface area contributed by atoms with Gasteiger partial charge in [0.1, 0.15) is 0 Å². The van der Waals surface area contributed by atoms with Gasteiger partial charge in [0.25, 0.3) is 0 Å². The molecule has 3 aromatic carbocycles. The zero-order valence-corrected chi connectivity index (χ0v) is 20.8. The summed E-state index contributed by atoms with van der Waals surface area (Å²) in [5, 5.41) is 17.7. The summed E-state index contributed by atoms with van der Waals surface area (Å²) in [7, 11) is 0. The molecule has 0 saturated carbocycles. The summed E-state index contributed by atoms with van der Waals surface area (Å²) in [6.07, 6.45) is 5.98. The molecule has 0 aliphatic heterocycles. The lowest BCUT2D eigenvalue weighted by Crippen LogP contribution is -2.29. The minimum Gasteiger partial charge on any atom is -0.358 e. The second-order valence-electron chi connectivity index (χ2n) is 9.20. The molecular weight excluding hydrogens is 448 g/mol. The van der Waals surface area contributed by atoms with E-state index in [0.717, 1.165) is 40.0 Å². The molecule has 0 spiro atoms. The average Bonchev–Trinajstić information content (AvgIpc) is 3.40. The molecule has 1 heterocycles. The van der Waals surface area contributed by atoms with Crippen molar-refractivity contribution in [3.63, 3.8) is 0 Å². The Morgan fingerprint density at radius 3 is 2.50 bits per heavy atom. The van der Waals surface area contributed by atoms with E-state index in [1.54, 1.807) is 0 Å². The highest BCUT2D eigenvalue weighted by molar-refractivity contribution is 5.97. The van der Waals surface area contributed by atoms with Gasteiger partial charge in [-0.2, -0.15) is 5.21 Å². The molecule has 1 amide bonds. The van der Waals surface area contributed by atoms with Crippen LogP contribution < -0.4 is 10.2 Å². The molecule has 36 heavy (non-hydrogen) atoms. The van der Waals surface area contributed by atoms with Crippen molar-refractivity contribution in [1.82, 2.24) is 20.6 Å². The van der Waals surface area contributed by atoms with Gasteiger partial charge in [-0.3, -0.25) is 4.79 Å². The van der Waals surface area contributed by atoms with E-state index in [0.29, 0.717) is 24.0 Å². The SMILES string of the molecule is C#CCN(CC(C)C)c1ccc(-c2ccccc2-c2nn[nH]n2)cc1NC(=O)Cc1ccc(C)cc1. The number of H-pyrrole nitrogens is 1. The van der Waals surface area contributed by atoms with E-state index in [1.807, 2.05) is 73.7 Å². The van der Waals surface area contributed by atoms with Crippen LogP contribution in [-0.4, -0.2) is 39.6 Å². The van der Waals surface area contributed by atoms with Crippen LogP contribution in [0.1, 0.15) is 25.0 Å². The smallest absolute Gasteiger partial charge is 0.228 e. The molecule has 1 aromatic heterocycles. The molecule has 0 saturated heterocycles. The van der Waals surface area contributed by atoms with Gasteiger partial charge in [0.05, 0.1) is 24.3 Å². The number of carbonyl (C=O) groups excluding carboxylic acids is 1. The second kappa shape index (κ2) is 11.3. The maximum atomic E-state index is 13.1. The minimum absolute atomic E-state index is 0.0890. The predicted molar refractivity (Wildman–Crippen MR) is 144 cm³/mol. The van der Waals surface area contributed by atoms with Crippen molar-refractivity contribution < 1.29 is 4.79 Å². The summed E-state index contributed by atoms with van der Waals surface area (Å²) in [4.78, 5) is 15.2. The fraction of sp³-hybridized carbons (Fsp3) is 0.241. The number of aryl methyl sites for hydroxylation is 1. The van der Waals surface area contributed by atoms with Gasteiger partial charge in [0.15, 0.2) is 0 Å². The first-order chi connectivity index (χ1) is 17.4. The van der Waals surface area contributed by atoms with Crippen LogP contribution in [0.4, 0.5) is 11.4 Å². The molecule has 2 N–H and O–H groups in total. The fourth-order valence-corrected chi connectivity index (χ4v) is 4.17. The van der Waals surface area contributed by atoms with Crippen molar-refractivity contribution in [2.24, 2.45) is 5.92 Å². The fourth-order valence-electron chi connectivity index (χ4n) is 4.17. The highest BCUT2D eigenvalue weighted by Crippen LogP contribution is 2.36. The lowest BCUT2D eigenvalue weighted by Gasteiger charge is -2.27. The summed E-state index contributed by atoms with van der Waals surface area (Å²) in [5.41, 5.74) is 6.43. The molecule has 0 unspecified atom stereocenters. The Bertz CT molecular complexity index is 1350. The topological polar surface area (TPSA) is 86.8 Å². The molecular formula is C29H30N6O. The molecule has 7 nitrogen and oxygen atoms in total. The second-order valence-corrected chi connectivity index (χ2v) is 9.20. The average molecular weight is 479 g/mol. The maximum Gasteiger partial charge on any atom is 0.228 e. The quantitative estimate of drug-likeness (QED) is 0.326. The van der Waals surface area contributed by atoms with E-state index in [1.165, 1.54) is 0 Å². The lowest BCUT2D eigenvalue weighted by atomic mass is 9.98. The Morgan fingerprint density at radius 2 is 1.83 bits per heavy atom. The number of amides is 1. The molecule has 0 radical (unpaired) electrons. The highest BCUT2D eigenvalue weighted by Gasteiger charge is 2.18. The van der Waals surface area contributed by atoms with E-state index in [9.17, 15) is 4.79 Å². The number of tetrazole rings is 1. The summed E-state index contributed by atoms with van der Waals surface area (Å²) in [6, 6.07) is 21.9.